The highest BCUT2D eigenvalue weighted by Crippen LogP contribution is 2.23. The number of aromatic nitrogens is 3. The van der Waals surface area contributed by atoms with Crippen LogP contribution >= 0.6 is 0 Å². The molecule has 1 amide bonds. The third-order valence-corrected chi connectivity index (χ3v) is 6.39. The van der Waals surface area contributed by atoms with E-state index in [-0.39, 0.29) is 5.91 Å². The molecule has 9 nitrogen and oxygen atoms in total. The summed E-state index contributed by atoms with van der Waals surface area (Å²) in [6, 6.07) is 9.67. The Labute approximate surface area is 212 Å². The Morgan fingerprint density at radius 2 is 2.03 bits per heavy atom. The lowest BCUT2D eigenvalue weighted by atomic mass is 10.2. The van der Waals surface area contributed by atoms with E-state index in [1.54, 1.807) is 17.3 Å². The van der Waals surface area contributed by atoms with Gasteiger partial charge in [-0.2, -0.15) is 0 Å². The van der Waals surface area contributed by atoms with E-state index in [1.807, 2.05) is 50.4 Å². The van der Waals surface area contributed by atoms with Gasteiger partial charge >= 0.3 is 0 Å². The number of amides is 1. The van der Waals surface area contributed by atoms with Gasteiger partial charge in [-0.15, -0.1) is 0 Å². The molecule has 9 heteroatoms. The fourth-order valence-corrected chi connectivity index (χ4v) is 4.24. The summed E-state index contributed by atoms with van der Waals surface area (Å²) >= 11 is 0. The largest absolute Gasteiger partial charge is 0.351 e. The van der Waals surface area contributed by atoms with Crippen LogP contribution in [0.25, 0.3) is 16.6 Å². The summed E-state index contributed by atoms with van der Waals surface area (Å²) in [5.41, 5.74) is 3.94. The van der Waals surface area contributed by atoms with Gasteiger partial charge in [0.2, 0.25) is 5.95 Å². The summed E-state index contributed by atoms with van der Waals surface area (Å²) < 4.78 is 0. The Balaban J connectivity index is 1.43. The maximum absolute atomic E-state index is 13.0. The topological polar surface area (TPSA) is 92.7 Å². The Bertz CT molecular complexity index is 1240. The molecule has 0 saturated carbocycles. The van der Waals surface area contributed by atoms with Crippen molar-refractivity contribution in [3.63, 3.8) is 0 Å². The molecule has 3 aromatic rings. The van der Waals surface area contributed by atoms with Gasteiger partial charge in [0.15, 0.2) is 0 Å². The molecule has 2 aromatic heterocycles. The Kier molecular flexibility index (Phi) is 8.45. The number of benzene rings is 1. The quantitative estimate of drug-likeness (QED) is 0.445. The van der Waals surface area contributed by atoms with Crippen molar-refractivity contribution in [1.29, 1.82) is 0 Å². The smallest absolute Gasteiger partial charge is 0.270 e. The molecular formula is C27H36N8O. The fraction of sp³-hybridized carbons (Fsp3) is 0.407. The van der Waals surface area contributed by atoms with Crippen LogP contribution in [0.15, 0.2) is 47.6 Å². The van der Waals surface area contributed by atoms with Crippen molar-refractivity contribution < 1.29 is 4.79 Å². The molecule has 36 heavy (non-hydrogen) atoms. The first-order chi connectivity index (χ1) is 17.5. The highest BCUT2D eigenvalue weighted by Gasteiger charge is 2.18. The molecule has 1 aromatic carbocycles. The maximum Gasteiger partial charge on any atom is 0.270 e. The fourth-order valence-electron chi connectivity index (χ4n) is 4.24. The molecule has 0 atom stereocenters. The van der Waals surface area contributed by atoms with Crippen LogP contribution < -0.4 is 5.32 Å². The minimum absolute atomic E-state index is 0.00223. The molecule has 1 saturated heterocycles. The number of H-pyrrole nitrogens is 1. The number of rotatable bonds is 9. The normalized spacial score (nSPS) is 15.6. The number of aromatic amines is 1. The predicted octanol–water partition coefficient (Wildman–Crippen LogP) is 3.86. The minimum atomic E-state index is -0.00223. The van der Waals surface area contributed by atoms with Gasteiger partial charge in [0.05, 0.1) is 11.4 Å². The number of carbonyl (C=O) groups is 1. The number of hydrogen-bond donors (Lipinski definition) is 2. The standard InChI is InChI=1S/C27H36N8O/c1-5-7-23(28-6-2)24-10-11-29-27(32-24)30-21-8-9-22-20(18-21)19-25(31-22)26(36)34(4)14-17-35-15-12-33(3)13-16-35/h6-11,18-19,31H,5,12-17H2,1-4H3,(H,29,30,32)/b23-7-,28-6?. The number of anilines is 2. The van der Waals surface area contributed by atoms with Gasteiger partial charge in [0.25, 0.3) is 5.91 Å². The number of hydrogen-bond acceptors (Lipinski definition) is 7. The van der Waals surface area contributed by atoms with Crippen molar-refractivity contribution >= 4 is 40.4 Å². The molecule has 1 aliphatic heterocycles. The molecule has 0 aliphatic carbocycles. The van der Waals surface area contributed by atoms with Crippen molar-refractivity contribution in [1.82, 2.24) is 29.7 Å². The summed E-state index contributed by atoms with van der Waals surface area (Å²) in [5.74, 6) is 0.494. The van der Waals surface area contributed by atoms with E-state index >= 15 is 0 Å². The van der Waals surface area contributed by atoms with E-state index in [2.05, 4.69) is 49.0 Å². The molecule has 1 aliphatic rings. The second-order valence-electron chi connectivity index (χ2n) is 9.13. The van der Waals surface area contributed by atoms with Crippen LogP contribution in [-0.2, 0) is 0 Å². The SMILES string of the molecule is CC=N/C(=C\CC)c1ccnc(Nc2ccc3[nH]c(C(=O)N(C)CCN4CCN(C)CC4)cc3c2)n1. The number of likely N-dealkylation sites (N-methyl/N-ethyl adjacent to an activating group) is 2. The molecule has 0 unspecified atom stereocenters. The van der Waals surface area contributed by atoms with Gasteiger partial charge in [-0.1, -0.05) is 13.0 Å². The molecule has 1 fully saturated rings. The number of piperazine rings is 1. The average molecular weight is 489 g/mol. The molecule has 4 rings (SSSR count). The van der Waals surface area contributed by atoms with Crippen molar-refractivity contribution in [3.05, 3.63) is 54.0 Å². The van der Waals surface area contributed by atoms with E-state index in [9.17, 15) is 4.79 Å². The molecule has 2 N–H and O–H groups in total. The summed E-state index contributed by atoms with van der Waals surface area (Å²) in [7, 11) is 4.02. The lowest BCUT2D eigenvalue weighted by Gasteiger charge is -2.33. The van der Waals surface area contributed by atoms with Gasteiger partial charge in [-0.05, 0) is 50.7 Å². The number of fused-ring (bicyclic) bond motifs is 1. The highest BCUT2D eigenvalue weighted by molar-refractivity contribution is 5.98. The zero-order chi connectivity index (χ0) is 25.5. The number of allylic oxidation sites excluding steroid dienone is 1. The third-order valence-electron chi connectivity index (χ3n) is 6.39. The summed E-state index contributed by atoms with van der Waals surface area (Å²) in [6.45, 7) is 9.81. The van der Waals surface area contributed by atoms with Crippen molar-refractivity contribution in [3.8, 4) is 0 Å². The average Bonchev–Trinajstić information content (AvgIpc) is 3.31. The lowest BCUT2D eigenvalue weighted by Crippen LogP contribution is -2.47. The second kappa shape index (κ2) is 11.9. The van der Waals surface area contributed by atoms with Crippen LogP contribution in [-0.4, -0.2) is 95.1 Å². The molecular weight excluding hydrogens is 452 g/mol. The molecule has 0 bridgehead atoms. The molecule has 0 spiro atoms. The predicted molar refractivity (Wildman–Crippen MR) is 147 cm³/mol. The minimum Gasteiger partial charge on any atom is -0.351 e. The first-order valence-corrected chi connectivity index (χ1v) is 12.5. The Morgan fingerprint density at radius 1 is 1.22 bits per heavy atom. The van der Waals surface area contributed by atoms with Gasteiger partial charge < -0.3 is 20.1 Å². The molecule has 3 heterocycles. The first kappa shape index (κ1) is 25.5. The number of carbonyl (C=O) groups excluding carboxylic acids is 1. The van der Waals surface area contributed by atoms with E-state index in [0.717, 1.165) is 67.1 Å². The highest BCUT2D eigenvalue weighted by atomic mass is 16.2. The van der Waals surface area contributed by atoms with Crippen LogP contribution in [0.1, 0.15) is 36.5 Å². The summed E-state index contributed by atoms with van der Waals surface area (Å²) in [5, 5.41) is 4.23. The van der Waals surface area contributed by atoms with Crippen LogP contribution in [0.4, 0.5) is 11.6 Å². The monoisotopic (exact) mass is 488 g/mol. The van der Waals surface area contributed by atoms with Crippen molar-refractivity contribution in [2.45, 2.75) is 20.3 Å². The summed E-state index contributed by atoms with van der Waals surface area (Å²) in [4.78, 5) is 36.3. The Morgan fingerprint density at radius 3 is 2.78 bits per heavy atom. The number of nitrogens with zero attached hydrogens (tertiary/aromatic N) is 6. The third kappa shape index (κ3) is 6.35. The second-order valence-corrected chi connectivity index (χ2v) is 9.13. The maximum atomic E-state index is 13.0. The Hall–Kier alpha value is -3.56. The van der Waals surface area contributed by atoms with Crippen molar-refractivity contribution in [2.24, 2.45) is 4.99 Å². The van der Waals surface area contributed by atoms with Crippen LogP contribution in [0, 0.1) is 0 Å². The van der Waals surface area contributed by atoms with Gasteiger partial charge in [-0.25, -0.2) is 9.97 Å². The molecule has 190 valence electrons. The van der Waals surface area contributed by atoms with Crippen molar-refractivity contribution in [2.75, 3.05) is 58.7 Å². The van der Waals surface area contributed by atoms with E-state index in [1.165, 1.54) is 0 Å². The van der Waals surface area contributed by atoms with Gasteiger partial charge in [-0.3, -0.25) is 14.7 Å². The number of aliphatic imine (C=N–C) groups is 1. The van der Waals surface area contributed by atoms with Crippen LogP contribution in [0.2, 0.25) is 0 Å². The van der Waals surface area contributed by atoms with E-state index in [4.69, 9.17) is 0 Å². The van der Waals surface area contributed by atoms with Crippen LogP contribution in [0.3, 0.4) is 0 Å². The van der Waals surface area contributed by atoms with Gasteiger partial charge in [0.1, 0.15) is 5.69 Å². The zero-order valence-corrected chi connectivity index (χ0v) is 21.7. The van der Waals surface area contributed by atoms with Gasteiger partial charge in [0, 0.05) is 75.3 Å². The van der Waals surface area contributed by atoms with Crippen LogP contribution in [0.5, 0.6) is 0 Å². The molecule has 0 radical (unpaired) electrons. The number of nitrogens with one attached hydrogen (secondary N) is 2. The first-order valence-electron chi connectivity index (χ1n) is 12.5. The summed E-state index contributed by atoms with van der Waals surface area (Å²) in [6.07, 6.45) is 6.40. The lowest BCUT2D eigenvalue weighted by molar-refractivity contribution is 0.0755. The zero-order valence-electron chi connectivity index (χ0n) is 21.7. The van der Waals surface area contributed by atoms with E-state index in [0.29, 0.717) is 18.2 Å². The van der Waals surface area contributed by atoms with E-state index < -0.39 is 0 Å².